The number of aryl methyl sites for hydroxylation is 4. The van der Waals surface area contributed by atoms with Gasteiger partial charge in [-0.1, -0.05) is 107 Å². The van der Waals surface area contributed by atoms with Crippen molar-refractivity contribution in [1.29, 1.82) is 0 Å². The van der Waals surface area contributed by atoms with Crippen LogP contribution in [-0.2, 0) is 67.9 Å². The van der Waals surface area contributed by atoms with Crippen molar-refractivity contribution in [2.75, 3.05) is 0 Å². The summed E-state index contributed by atoms with van der Waals surface area (Å²) in [6, 6.07) is 0. The number of benzene rings is 4. The van der Waals surface area contributed by atoms with Gasteiger partial charge in [0, 0.05) is 84.0 Å². The van der Waals surface area contributed by atoms with Gasteiger partial charge in [-0.2, -0.15) is 0 Å². The molecular formula is C64H72N8NiS14. The zero-order valence-electron chi connectivity index (χ0n) is 50.6. The molecule has 8 bridgehead atoms. The molecule has 3 aromatic heterocycles. The van der Waals surface area contributed by atoms with Crippen LogP contribution < -0.4 is 9.97 Å². The van der Waals surface area contributed by atoms with Gasteiger partial charge in [-0.15, -0.1) is 0 Å². The van der Waals surface area contributed by atoms with E-state index in [4.69, 9.17) is 39.9 Å². The predicted molar refractivity (Wildman–Crippen MR) is 395 cm³/mol. The number of nitrogens with zero attached hydrogens (tertiary/aromatic N) is 8. The van der Waals surface area contributed by atoms with Gasteiger partial charge in [0.1, 0.15) is 0 Å². The molecule has 0 atom stereocenters. The summed E-state index contributed by atoms with van der Waals surface area (Å²) in [7, 11) is 26.9. The zero-order chi connectivity index (χ0) is 59.0. The van der Waals surface area contributed by atoms with Crippen LogP contribution in [0.25, 0.3) is 89.7 Å². The van der Waals surface area contributed by atoms with E-state index in [1.807, 2.05) is 145 Å². The quantitative estimate of drug-likeness (QED) is 0.0423. The fourth-order valence-corrected chi connectivity index (χ4v) is 37.0. The van der Waals surface area contributed by atoms with Crippen LogP contribution in [0.4, 0.5) is 0 Å². The van der Waals surface area contributed by atoms with Crippen LogP contribution >= 0.6 is 145 Å². The number of hydrogen-bond donors (Lipinski definition) is 0. The van der Waals surface area contributed by atoms with Crippen molar-refractivity contribution >= 4 is 189 Å². The van der Waals surface area contributed by atoms with Gasteiger partial charge in [-0.3, -0.25) is 0 Å². The van der Waals surface area contributed by atoms with E-state index in [1.165, 1.54) is 83.7 Å². The van der Waals surface area contributed by atoms with Crippen LogP contribution in [0.15, 0.2) is 39.2 Å². The molecule has 7 aromatic rings. The Labute approximate surface area is 578 Å². The maximum atomic E-state index is 6.06. The molecule has 13 rings (SSSR count). The second kappa shape index (κ2) is 30.6. The Bertz CT molecular complexity index is 3720. The van der Waals surface area contributed by atoms with Crippen molar-refractivity contribution in [3.05, 3.63) is 44.5 Å². The van der Waals surface area contributed by atoms with E-state index in [0.29, 0.717) is 0 Å². The number of aromatic nitrogens is 8. The average molecular weight is 1460 g/mol. The molecule has 9 heterocycles. The summed E-state index contributed by atoms with van der Waals surface area (Å²) in [5, 5.41) is 4.60. The van der Waals surface area contributed by atoms with E-state index in [2.05, 4.69) is 55.4 Å². The molecule has 0 saturated heterocycles. The van der Waals surface area contributed by atoms with E-state index >= 15 is 0 Å². The molecule has 0 fully saturated rings. The molecule has 6 aliphatic heterocycles. The Morgan fingerprint density at radius 3 is 0.655 bits per heavy atom. The van der Waals surface area contributed by atoms with Gasteiger partial charge in [0.2, 0.25) is 0 Å². The minimum absolute atomic E-state index is 0. The van der Waals surface area contributed by atoms with E-state index in [-0.39, 0.29) is 16.5 Å². The van der Waals surface area contributed by atoms with E-state index in [0.717, 1.165) is 244 Å². The van der Waals surface area contributed by atoms with Crippen LogP contribution in [-0.4, -0.2) is 29.9 Å². The third-order valence-electron chi connectivity index (χ3n) is 17.2. The van der Waals surface area contributed by atoms with E-state index in [1.54, 1.807) is 0 Å². The summed E-state index contributed by atoms with van der Waals surface area (Å²) in [5.74, 6) is 2.90. The molecule has 4 aromatic carbocycles. The predicted octanol–water partition coefficient (Wildman–Crippen LogP) is 25.2. The molecule has 8 nitrogen and oxygen atoms in total. The Kier molecular flexibility index (Phi) is 23.4. The number of fused-ring (bicyclic) bond motifs is 24. The average Bonchev–Trinajstić information content (AvgIpc) is 1.63. The van der Waals surface area contributed by atoms with Crippen molar-refractivity contribution < 1.29 is 16.5 Å². The van der Waals surface area contributed by atoms with Crippen LogP contribution in [0.1, 0.15) is 203 Å². The standard InChI is InChI=1S/C64H72N8S14.Ni/c1-9-17-25-33-41-42(34(26-18-10-2)50-49(33)73-81-74-50)58-65-57(41)66-59-43-35(27-19-11-3)51-53(77-82-75-51)37(29-21-13-5)45(43)61(68-59)70-63-47-39(31-23-15-7)55-56(80-85-86-84-79-55)40(32-24-16-8)48(47)64(72-63)71-62-46-38(30-22-14-6)54-52(76-83-78-54)36(28-20-12-4)44(46)60(67-58)69-62;/h9-32H2,1-8H3;/q-2;+2. The summed E-state index contributed by atoms with van der Waals surface area (Å²) in [6.45, 7) is 18.6. The van der Waals surface area contributed by atoms with Crippen LogP contribution in [0.3, 0.4) is 0 Å². The molecule has 0 saturated carbocycles. The van der Waals surface area contributed by atoms with Gasteiger partial charge in [0.05, 0.1) is 23.3 Å². The van der Waals surface area contributed by atoms with Crippen LogP contribution in [0.2, 0.25) is 0 Å². The minimum atomic E-state index is 0. The molecule has 0 amide bonds. The fourth-order valence-electron chi connectivity index (χ4n) is 12.9. The SMILES string of the molecule is CCCCc1c2c(c(CCCC)c3c1-c1nc-3nc3[n-]c(nc4nc(nc5[n-]c(n1)c1c(CCCC)c6c(c(CCCC)c51)SSS6)-c1c(CCCC)c5c(c(CCCC)c1-4)SSS5)c1c(CCCC)c4c(c(CCCC)c31)SSS4)SSSSS2.[Ni+2]. The Morgan fingerprint density at radius 2 is 0.437 bits per heavy atom. The second-order valence-electron chi connectivity index (χ2n) is 22.8. The van der Waals surface area contributed by atoms with Gasteiger partial charge in [0.15, 0.2) is 0 Å². The van der Waals surface area contributed by atoms with Crippen molar-refractivity contribution in [3.8, 4) is 45.6 Å². The Balaban J connectivity index is 0.00000739. The molecule has 0 N–H and O–H groups in total. The smallest absolute Gasteiger partial charge is 0.357 e. The Hall–Kier alpha value is -0.366. The van der Waals surface area contributed by atoms with Crippen molar-refractivity contribution in [2.45, 2.75) is 249 Å². The van der Waals surface area contributed by atoms with Crippen molar-refractivity contribution in [3.63, 3.8) is 0 Å². The van der Waals surface area contributed by atoms with Gasteiger partial charge < -0.3 is 29.9 Å². The molecule has 0 spiro atoms. The second-order valence-corrected chi connectivity index (χ2v) is 42.1. The first kappa shape index (κ1) is 66.6. The molecule has 462 valence electrons. The summed E-state index contributed by atoms with van der Waals surface area (Å²) in [5.41, 5.74) is 18.3. The number of hydrogen-bond acceptors (Lipinski definition) is 20. The summed E-state index contributed by atoms with van der Waals surface area (Å²) in [4.78, 5) is 58.9. The maximum Gasteiger partial charge on any atom is 2.00 e. The van der Waals surface area contributed by atoms with Gasteiger partial charge in [-0.25, -0.2) is 9.97 Å². The largest absolute Gasteiger partial charge is 2.00 e. The molecule has 87 heavy (non-hydrogen) atoms. The molecule has 0 unspecified atom stereocenters. The zero-order valence-corrected chi connectivity index (χ0v) is 63.0. The normalized spacial score (nSPS) is 14.8. The molecule has 0 radical (unpaired) electrons. The number of rotatable bonds is 24. The first-order chi connectivity index (χ1) is 42.4. The first-order valence-electron chi connectivity index (χ1n) is 31.4. The third kappa shape index (κ3) is 12.6. The van der Waals surface area contributed by atoms with Gasteiger partial charge in [0.25, 0.3) is 0 Å². The van der Waals surface area contributed by atoms with Gasteiger partial charge >= 0.3 is 16.5 Å². The topological polar surface area (TPSA) is 106 Å². The molecule has 23 heteroatoms. The van der Waals surface area contributed by atoms with E-state index in [9.17, 15) is 0 Å². The van der Waals surface area contributed by atoms with Crippen LogP contribution in [0, 0.1) is 0 Å². The molecular weight excluding hydrogens is 1390 g/mol. The number of unbranched alkanes of at least 4 members (excludes halogenated alkanes) is 8. The fraction of sp³-hybridized carbons (Fsp3) is 0.500. The summed E-state index contributed by atoms with van der Waals surface area (Å²) in [6.07, 6.45) is 24.8. The summed E-state index contributed by atoms with van der Waals surface area (Å²) < 4.78 is 0. The molecule has 6 aliphatic rings. The van der Waals surface area contributed by atoms with Crippen molar-refractivity contribution in [2.24, 2.45) is 0 Å². The van der Waals surface area contributed by atoms with Gasteiger partial charge in [-0.05, 0) is 314 Å². The monoisotopic (exact) mass is 1460 g/mol. The maximum absolute atomic E-state index is 6.06. The molecule has 0 aliphatic carbocycles. The van der Waals surface area contributed by atoms with E-state index < -0.39 is 0 Å². The van der Waals surface area contributed by atoms with Crippen LogP contribution in [0.5, 0.6) is 0 Å². The Morgan fingerprint density at radius 1 is 0.241 bits per heavy atom. The minimum Gasteiger partial charge on any atom is -0.357 e. The summed E-state index contributed by atoms with van der Waals surface area (Å²) >= 11 is 0. The van der Waals surface area contributed by atoms with Crippen molar-refractivity contribution in [1.82, 2.24) is 39.9 Å². The first-order valence-corrected chi connectivity index (χ1v) is 48.0. The third-order valence-corrected chi connectivity index (χ3v) is 38.1.